The molecular weight excluding hydrogens is 494 g/mol. The summed E-state index contributed by atoms with van der Waals surface area (Å²) in [4.78, 5) is 24.3. The topological polar surface area (TPSA) is 100 Å². The third-order valence-corrected chi connectivity index (χ3v) is 8.18. The number of likely N-dealkylation sites (tertiary alicyclic amines) is 1. The van der Waals surface area contributed by atoms with Crippen LogP contribution in [0, 0.1) is 5.41 Å². The van der Waals surface area contributed by atoms with Gasteiger partial charge < -0.3 is 24.8 Å². The highest BCUT2D eigenvalue weighted by molar-refractivity contribution is 5.65. The van der Waals surface area contributed by atoms with Gasteiger partial charge in [-0.1, -0.05) is 50.2 Å². The van der Waals surface area contributed by atoms with E-state index >= 15 is 0 Å². The molecule has 6 rings (SSSR count). The van der Waals surface area contributed by atoms with Crippen LogP contribution in [0.1, 0.15) is 36.2 Å². The molecule has 4 heterocycles. The lowest BCUT2D eigenvalue weighted by Gasteiger charge is -2.54. The Labute approximate surface area is 228 Å². The number of rotatable bonds is 9. The van der Waals surface area contributed by atoms with Crippen molar-refractivity contribution >= 4 is 12.0 Å². The van der Waals surface area contributed by atoms with Crippen molar-refractivity contribution in [3.63, 3.8) is 0 Å². The van der Waals surface area contributed by atoms with Gasteiger partial charge in [0.25, 0.3) is 0 Å². The zero-order chi connectivity index (χ0) is 27.0. The van der Waals surface area contributed by atoms with Crippen LogP contribution in [-0.4, -0.2) is 71.5 Å². The number of anilines is 1. The fraction of sp³-hybridized carbons (Fsp3) is 0.433. The number of nitrogens with zero attached hydrogens (tertiary/aromatic N) is 4. The van der Waals surface area contributed by atoms with Crippen LogP contribution in [0.2, 0.25) is 0 Å². The third-order valence-electron chi connectivity index (χ3n) is 8.18. The first-order valence-electron chi connectivity index (χ1n) is 13.5. The molecule has 0 bridgehead atoms. The van der Waals surface area contributed by atoms with Gasteiger partial charge in [-0.2, -0.15) is 0 Å². The summed E-state index contributed by atoms with van der Waals surface area (Å²) in [5.74, 6) is 1.57. The smallest absolute Gasteiger partial charge is 0.404 e. The fourth-order valence-electron chi connectivity index (χ4n) is 5.64. The molecule has 3 aliphatic heterocycles. The molecular formula is C30H35N5O4. The molecule has 9 heteroatoms. The van der Waals surface area contributed by atoms with Gasteiger partial charge in [0.05, 0.1) is 30.4 Å². The van der Waals surface area contributed by atoms with Gasteiger partial charge in [0.1, 0.15) is 12.4 Å². The van der Waals surface area contributed by atoms with Crippen molar-refractivity contribution in [1.82, 2.24) is 20.2 Å². The summed E-state index contributed by atoms with van der Waals surface area (Å²) in [6, 6.07) is 19.0. The minimum atomic E-state index is -0.953. The minimum absolute atomic E-state index is 0.0341. The van der Waals surface area contributed by atoms with Crippen molar-refractivity contribution in [2.45, 2.75) is 38.5 Å². The zero-order valence-corrected chi connectivity index (χ0v) is 22.5. The van der Waals surface area contributed by atoms with Gasteiger partial charge in [0.15, 0.2) is 0 Å². The Morgan fingerprint density at radius 2 is 1.74 bits per heavy atom. The number of benzene rings is 2. The predicted molar refractivity (Wildman–Crippen MR) is 147 cm³/mol. The lowest BCUT2D eigenvalue weighted by atomic mass is 9.78. The van der Waals surface area contributed by atoms with Gasteiger partial charge in [-0.3, -0.25) is 4.90 Å². The summed E-state index contributed by atoms with van der Waals surface area (Å²) >= 11 is 0. The quantitative estimate of drug-likeness (QED) is 0.433. The van der Waals surface area contributed by atoms with E-state index in [-0.39, 0.29) is 11.5 Å². The number of nitrogens with one attached hydrogen (secondary N) is 1. The van der Waals surface area contributed by atoms with E-state index in [0.717, 1.165) is 63.3 Å². The molecule has 2 aromatic carbocycles. The molecule has 39 heavy (non-hydrogen) atoms. The summed E-state index contributed by atoms with van der Waals surface area (Å²) in [7, 11) is 0. The largest absolute Gasteiger partial charge is 0.487 e. The number of amides is 1. The van der Waals surface area contributed by atoms with Crippen LogP contribution < -0.4 is 15.0 Å². The van der Waals surface area contributed by atoms with E-state index in [1.54, 1.807) is 6.20 Å². The normalized spacial score (nSPS) is 18.7. The van der Waals surface area contributed by atoms with Crippen LogP contribution in [0.25, 0.3) is 0 Å². The number of hydrogen-bond donors (Lipinski definition) is 2. The van der Waals surface area contributed by atoms with Crippen LogP contribution in [-0.2, 0) is 23.3 Å². The maximum absolute atomic E-state index is 10.7. The van der Waals surface area contributed by atoms with E-state index in [0.29, 0.717) is 12.0 Å². The van der Waals surface area contributed by atoms with E-state index < -0.39 is 6.09 Å². The molecule has 3 aromatic rings. The molecule has 0 radical (unpaired) electrons. The van der Waals surface area contributed by atoms with E-state index in [1.165, 1.54) is 16.7 Å². The second-order valence-electron chi connectivity index (χ2n) is 11.7. The summed E-state index contributed by atoms with van der Waals surface area (Å²) in [6.45, 7) is 10.8. The molecule has 3 aliphatic rings. The lowest BCUT2D eigenvalue weighted by molar-refractivity contribution is -0.127. The Balaban J connectivity index is 1.02. The van der Waals surface area contributed by atoms with E-state index in [4.69, 9.17) is 19.6 Å². The Kier molecular flexibility index (Phi) is 6.64. The highest BCUT2D eigenvalue weighted by atomic mass is 16.5. The van der Waals surface area contributed by atoms with Gasteiger partial charge in [0, 0.05) is 44.3 Å². The Hall–Kier alpha value is -3.69. The highest BCUT2D eigenvalue weighted by Crippen LogP contribution is 2.39. The first kappa shape index (κ1) is 25.6. The number of hydrogen-bond acceptors (Lipinski definition) is 7. The molecule has 2 N–H and O–H groups in total. The standard InChI is InChI=1S/C30H35N5O4/c1-29(2,22-5-3-21(4-6-22)13-34-14-25(15-34)33-28(36)37)23-7-9-26(10-8-23)39-16-24-11-12-31-27(32-24)35-17-30(18-35)19-38-20-30/h3-12,25,33H,13-20H2,1-2H3,(H,36,37). The van der Waals surface area contributed by atoms with Crippen molar-refractivity contribution in [2.75, 3.05) is 44.3 Å². The summed E-state index contributed by atoms with van der Waals surface area (Å²) in [5, 5.41) is 11.4. The SMILES string of the molecule is CC(C)(c1ccc(CN2CC(NC(=O)O)C2)cc1)c1ccc(OCc2ccnc(N3CC4(COC4)C3)n2)cc1. The molecule has 1 amide bonds. The average molecular weight is 530 g/mol. The summed E-state index contributed by atoms with van der Waals surface area (Å²) < 4.78 is 11.4. The average Bonchev–Trinajstić information content (AvgIpc) is 2.85. The number of aromatic nitrogens is 2. The van der Waals surface area contributed by atoms with Gasteiger partial charge in [-0.05, 0) is 34.9 Å². The first-order chi connectivity index (χ1) is 18.8. The monoisotopic (exact) mass is 529 g/mol. The van der Waals surface area contributed by atoms with Crippen molar-refractivity contribution in [3.05, 3.63) is 83.2 Å². The van der Waals surface area contributed by atoms with Gasteiger partial charge in [-0.25, -0.2) is 14.8 Å². The van der Waals surface area contributed by atoms with Gasteiger partial charge in [0.2, 0.25) is 5.95 Å². The maximum Gasteiger partial charge on any atom is 0.404 e. The van der Waals surface area contributed by atoms with E-state index in [2.05, 4.69) is 70.3 Å². The van der Waals surface area contributed by atoms with Crippen molar-refractivity contribution in [1.29, 1.82) is 0 Å². The Bertz CT molecular complexity index is 1310. The molecule has 0 atom stereocenters. The second-order valence-corrected chi connectivity index (χ2v) is 11.7. The second kappa shape index (κ2) is 10.1. The van der Waals surface area contributed by atoms with Crippen LogP contribution in [0.15, 0.2) is 60.8 Å². The van der Waals surface area contributed by atoms with E-state index in [9.17, 15) is 4.79 Å². The van der Waals surface area contributed by atoms with E-state index in [1.807, 2.05) is 18.2 Å². The van der Waals surface area contributed by atoms with Crippen LogP contribution in [0.4, 0.5) is 10.7 Å². The molecule has 0 saturated carbocycles. The molecule has 1 aromatic heterocycles. The van der Waals surface area contributed by atoms with Crippen LogP contribution in [0.3, 0.4) is 0 Å². The molecule has 9 nitrogen and oxygen atoms in total. The van der Waals surface area contributed by atoms with Crippen LogP contribution in [0.5, 0.6) is 5.75 Å². The first-order valence-corrected chi connectivity index (χ1v) is 13.5. The molecule has 0 aliphatic carbocycles. The maximum atomic E-state index is 10.7. The van der Waals surface area contributed by atoms with Crippen LogP contribution >= 0.6 is 0 Å². The molecule has 3 fully saturated rings. The molecule has 3 saturated heterocycles. The Morgan fingerprint density at radius 1 is 1.08 bits per heavy atom. The molecule has 1 spiro atoms. The fourth-order valence-corrected chi connectivity index (χ4v) is 5.64. The zero-order valence-electron chi connectivity index (χ0n) is 22.5. The minimum Gasteiger partial charge on any atom is -0.487 e. The van der Waals surface area contributed by atoms with Crippen molar-refractivity contribution < 1.29 is 19.4 Å². The highest BCUT2D eigenvalue weighted by Gasteiger charge is 2.49. The number of ether oxygens (including phenoxy) is 2. The van der Waals surface area contributed by atoms with Gasteiger partial charge >= 0.3 is 6.09 Å². The summed E-state index contributed by atoms with van der Waals surface area (Å²) in [5.41, 5.74) is 4.71. The number of carboxylic acid groups (broad SMARTS) is 1. The molecule has 204 valence electrons. The lowest BCUT2D eigenvalue weighted by Crippen LogP contribution is -2.66. The predicted octanol–water partition coefficient (Wildman–Crippen LogP) is 3.67. The Morgan fingerprint density at radius 3 is 2.36 bits per heavy atom. The van der Waals surface area contributed by atoms with Gasteiger partial charge in [-0.15, -0.1) is 0 Å². The van der Waals surface area contributed by atoms with Crippen molar-refractivity contribution in [3.8, 4) is 5.75 Å². The van der Waals surface area contributed by atoms with Crippen molar-refractivity contribution in [2.24, 2.45) is 5.41 Å². The third kappa shape index (κ3) is 5.42. The molecule has 0 unspecified atom stereocenters. The summed E-state index contributed by atoms with van der Waals surface area (Å²) in [6.07, 6.45) is 0.850. The number of carbonyl (C=O) groups is 1.